The van der Waals surface area contributed by atoms with E-state index in [2.05, 4.69) is 114 Å². The van der Waals surface area contributed by atoms with Crippen LogP contribution in [0.2, 0.25) is 0 Å². The summed E-state index contributed by atoms with van der Waals surface area (Å²) in [5.74, 6) is 0. The number of benzene rings is 6. The maximum Gasteiger partial charge on any atom is 0.135 e. The van der Waals surface area contributed by atoms with Gasteiger partial charge in [0.25, 0.3) is 0 Å². The second kappa shape index (κ2) is 10.2. The smallest absolute Gasteiger partial charge is 0.135 e. The quantitative estimate of drug-likeness (QED) is 0.197. The molecule has 0 atom stereocenters. The van der Waals surface area contributed by atoms with E-state index in [4.69, 9.17) is 14.4 Å². The van der Waals surface area contributed by atoms with Crippen LogP contribution >= 0.6 is 22.7 Å². The van der Waals surface area contributed by atoms with Gasteiger partial charge in [-0.1, -0.05) is 54.6 Å². The van der Waals surface area contributed by atoms with Gasteiger partial charge in [0.05, 0.1) is 20.4 Å². The molecule has 208 valence electrons. The molecule has 9 rings (SSSR count). The summed E-state index contributed by atoms with van der Waals surface area (Å²) in [5, 5.41) is 4.25. The molecule has 3 aromatic heterocycles. The van der Waals surface area contributed by atoms with E-state index in [0.29, 0.717) is 0 Å². The molecule has 6 heteroatoms. The minimum absolute atomic E-state index is 0.896. The molecule has 0 N–H and O–H groups in total. The first-order valence-corrected chi connectivity index (χ1v) is 16.0. The standard InChI is InChI=1S/C38H23N3OS2/c1-3-9-26(10-4-1)41(27-11-5-2-6-12-27)28-17-19-32-36(23-28)44-38(40-32)25-15-18-31-35(22-25)43-37(39-31)24-16-20-34-30(21-24)29-13-7-8-14-33(29)42-34/h1-23H. The van der Waals surface area contributed by atoms with Crippen LogP contribution in [0.4, 0.5) is 17.1 Å². The van der Waals surface area contributed by atoms with Crippen LogP contribution < -0.4 is 4.90 Å². The predicted molar refractivity (Wildman–Crippen MR) is 186 cm³/mol. The molecule has 0 aliphatic rings. The van der Waals surface area contributed by atoms with Gasteiger partial charge in [0, 0.05) is 39.0 Å². The molecular formula is C38H23N3OS2. The first-order valence-electron chi connectivity index (χ1n) is 14.4. The number of aromatic nitrogens is 2. The predicted octanol–water partition coefficient (Wildman–Crippen LogP) is 11.6. The average Bonchev–Trinajstić information content (AvgIpc) is 3.80. The first kappa shape index (κ1) is 25.2. The van der Waals surface area contributed by atoms with Crippen molar-refractivity contribution in [3.8, 4) is 21.1 Å². The van der Waals surface area contributed by atoms with Gasteiger partial charge in [0.15, 0.2) is 0 Å². The third-order valence-electron chi connectivity index (χ3n) is 7.92. The Morgan fingerprint density at radius 2 is 1.02 bits per heavy atom. The van der Waals surface area contributed by atoms with Crippen LogP contribution in [-0.2, 0) is 0 Å². The molecule has 0 amide bonds. The molecule has 0 aliphatic heterocycles. The largest absolute Gasteiger partial charge is 0.456 e. The highest BCUT2D eigenvalue weighted by molar-refractivity contribution is 7.22. The number of rotatable bonds is 5. The van der Waals surface area contributed by atoms with Gasteiger partial charge in [0.1, 0.15) is 21.2 Å². The zero-order valence-electron chi connectivity index (χ0n) is 23.3. The molecule has 0 bridgehead atoms. The Morgan fingerprint density at radius 3 is 1.75 bits per heavy atom. The fraction of sp³-hybridized carbons (Fsp3) is 0. The number of hydrogen-bond acceptors (Lipinski definition) is 6. The van der Waals surface area contributed by atoms with Crippen LogP contribution in [0.5, 0.6) is 0 Å². The summed E-state index contributed by atoms with van der Waals surface area (Å²) in [7, 11) is 0. The number of hydrogen-bond donors (Lipinski definition) is 0. The Labute approximate surface area is 261 Å². The highest BCUT2D eigenvalue weighted by Gasteiger charge is 2.16. The number of nitrogens with zero attached hydrogens (tertiary/aromatic N) is 3. The van der Waals surface area contributed by atoms with Crippen molar-refractivity contribution < 1.29 is 4.42 Å². The lowest BCUT2D eigenvalue weighted by Gasteiger charge is -2.25. The Bertz CT molecular complexity index is 2420. The molecule has 0 spiro atoms. The van der Waals surface area contributed by atoms with Gasteiger partial charge in [-0.2, -0.15) is 0 Å². The van der Waals surface area contributed by atoms with E-state index >= 15 is 0 Å². The fourth-order valence-corrected chi connectivity index (χ4v) is 7.81. The molecule has 0 fully saturated rings. The summed E-state index contributed by atoms with van der Waals surface area (Å²) >= 11 is 3.44. The van der Waals surface area contributed by atoms with Gasteiger partial charge >= 0.3 is 0 Å². The molecular weight excluding hydrogens is 579 g/mol. The Kier molecular flexibility index (Phi) is 5.82. The van der Waals surface area contributed by atoms with Crippen molar-refractivity contribution in [3.63, 3.8) is 0 Å². The van der Waals surface area contributed by atoms with E-state index in [-0.39, 0.29) is 0 Å². The molecule has 0 aliphatic carbocycles. The van der Waals surface area contributed by atoms with Crippen molar-refractivity contribution in [2.24, 2.45) is 0 Å². The lowest BCUT2D eigenvalue weighted by Crippen LogP contribution is -2.09. The maximum atomic E-state index is 6.03. The third kappa shape index (κ3) is 4.27. The molecule has 44 heavy (non-hydrogen) atoms. The van der Waals surface area contributed by atoms with Gasteiger partial charge in [-0.3, -0.25) is 0 Å². The van der Waals surface area contributed by atoms with E-state index in [1.54, 1.807) is 22.7 Å². The van der Waals surface area contributed by atoms with Crippen LogP contribution in [0, 0.1) is 0 Å². The van der Waals surface area contributed by atoms with Gasteiger partial charge in [-0.05, 0) is 84.9 Å². The average molecular weight is 602 g/mol. The highest BCUT2D eigenvalue weighted by Crippen LogP contribution is 2.40. The summed E-state index contributed by atoms with van der Waals surface area (Å²) in [6.07, 6.45) is 0. The van der Waals surface area contributed by atoms with Crippen molar-refractivity contribution in [1.82, 2.24) is 9.97 Å². The summed E-state index contributed by atoms with van der Waals surface area (Å²) < 4.78 is 8.33. The van der Waals surface area contributed by atoms with Crippen molar-refractivity contribution in [2.75, 3.05) is 4.90 Å². The van der Waals surface area contributed by atoms with Gasteiger partial charge < -0.3 is 9.32 Å². The molecule has 3 heterocycles. The maximum absolute atomic E-state index is 6.03. The van der Waals surface area contributed by atoms with E-state index in [9.17, 15) is 0 Å². The molecule has 0 radical (unpaired) electrons. The minimum atomic E-state index is 0.896. The zero-order valence-corrected chi connectivity index (χ0v) is 25.0. The van der Waals surface area contributed by atoms with E-state index in [1.807, 2.05) is 30.3 Å². The summed E-state index contributed by atoms with van der Waals surface area (Å²) in [6.45, 7) is 0. The minimum Gasteiger partial charge on any atom is -0.456 e. The lowest BCUT2D eigenvalue weighted by molar-refractivity contribution is 0.669. The van der Waals surface area contributed by atoms with Crippen molar-refractivity contribution >= 4 is 82.1 Å². The number of anilines is 3. The summed E-state index contributed by atoms with van der Waals surface area (Å²) in [5.41, 5.74) is 9.35. The molecule has 0 unspecified atom stereocenters. The first-order chi connectivity index (χ1) is 21.8. The molecule has 9 aromatic rings. The molecule has 0 saturated heterocycles. The highest BCUT2D eigenvalue weighted by atomic mass is 32.1. The van der Waals surface area contributed by atoms with E-state index in [0.717, 1.165) is 80.6 Å². The second-order valence-corrected chi connectivity index (χ2v) is 12.7. The number of fused-ring (bicyclic) bond motifs is 5. The van der Waals surface area contributed by atoms with Crippen molar-refractivity contribution in [1.29, 1.82) is 0 Å². The SMILES string of the molecule is c1ccc(N(c2ccccc2)c2ccc3nc(-c4ccc5nc(-c6ccc7oc8ccccc8c7c6)sc5c4)sc3c2)cc1. The van der Waals surface area contributed by atoms with Crippen molar-refractivity contribution in [2.45, 2.75) is 0 Å². The molecule has 6 aromatic carbocycles. The summed E-state index contributed by atoms with van der Waals surface area (Å²) in [6, 6.07) is 48.5. The third-order valence-corrected chi connectivity index (χ3v) is 10.1. The van der Waals surface area contributed by atoms with Gasteiger partial charge in [-0.25, -0.2) is 9.97 Å². The van der Waals surface area contributed by atoms with E-state index in [1.165, 1.54) is 0 Å². The van der Waals surface area contributed by atoms with Crippen LogP contribution in [0.15, 0.2) is 144 Å². The van der Waals surface area contributed by atoms with Gasteiger partial charge in [0.2, 0.25) is 0 Å². The number of para-hydroxylation sites is 3. The van der Waals surface area contributed by atoms with Crippen LogP contribution in [-0.4, -0.2) is 9.97 Å². The monoisotopic (exact) mass is 601 g/mol. The summed E-state index contributed by atoms with van der Waals surface area (Å²) in [4.78, 5) is 12.3. The van der Waals surface area contributed by atoms with Crippen LogP contribution in [0.25, 0.3) is 63.5 Å². The lowest BCUT2D eigenvalue weighted by atomic mass is 10.1. The Balaban J connectivity index is 1.08. The normalized spacial score (nSPS) is 11.6. The molecule has 0 saturated carbocycles. The van der Waals surface area contributed by atoms with E-state index < -0.39 is 0 Å². The fourth-order valence-electron chi connectivity index (χ4n) is 5.82. The second-order valence-electron chi connectivity index (χ2n) is 10.7. The van der Waals surface area contributed by atoms with Crippen molar-refractivity contribution in [3.05, 3.63) is 140 Å². The number of thiazole rings is 2. The Morgan fingerprint density at radius 1 is 0.455 bits per heavy atom. The Hall–Kier alpha value is -5.30. The van der Waals surface area contributed by atoms with Crippen LogP contribution in [0.1, 0.15) is 0 Å². The number of furan rings is 1. The van der Waals surface area contributed by atoms with Crippen LogP contribution in [0.3, 0.4) is 0 Å². The topological polar surface area (TPSA) is 42.2 Å². The van der Waals surface area contributed by atoms with Gasteiger partial charge in [-0.15, -0.1) is 22.7 Å². The zero-order chi connectivity index (χ0) is 29.0. The molecule has 4 nitrogen and oxygen atoms in total.